The average molecular weight is 331 g/mol. The average Bonchev–Trinajstić information content (AvgIpc) is 2.29. The smallest absolute Gasteiger partial charge is 0.227 e. The molecule has 1 fully saturated rings. The molecule has 0 spiro atoms. The Morgan fingerprint density at radius 2 is 2.00 bits per heavy atom. The summed E-state index contributed by atoms with van der Waals surface area (Å²) in [6.45, 7) is 0.668. The van der Waals surface area contributed by atoms with Gasteiger partial charge in [0.2, 0.25) is 5.91 Å². The van der Waals surface area contributed by atoms with Gasteiger partial charge in [0.05, 0.1) is 6.42 Å². The van der Waals surface area contributed by atoms with Crippen LogP contribution in [0.2, 0.25) is 0 Å². The van der Waals surface area contributed by atoms with Gasteiger partial charge in [0, 0.05) is 22.9 Å². The third-order valence-electron chi connectivity index (χ3n) is 3.43. The number of amides is 1. The Morgan fingerprint density at radius 3 is 2.50 bits per heavy atom. The van der Waals surface area contributed by atoms with Gasteiger partial charge in [0.25, 0.3) is 0 Å². The highest BCUT2D eigenvalue weighted by atomic mass is 79.9. The van der Waals surface area contributed by atoms with E-state index in [1.54, 1.807) is 0 Å². The summed E-state index contributed by atoms with van der Waals surface area (Å²) in [5.41, 5.74) is 1.06. The van der Waals surface area contributed by atoms with E-state index in [4.69, 9.17) is 11.6 Å². The summed E-state index contributed by atoms with van der Waals surface area (Å²) < 4.78 is 1.04. The first-order valence-electron chi connectivity index (χ1n) is 6.30. The molecule has 0 bridgehead atoms. The lowest BCUT2D eigenvalue weighted by Crippen LogP contribution is -2.45. The van der Waals surface area contributed by atoms with Crippen LogP contribution >= 0.6 is 27.5 Å². The molecule has 0 unspecified atom stereocenters. The number of rotatable bonds is 5. The molecule has 0 heterocycles. The van der Waals surface area contributed by atoms with E-state index in [0.29, 0.717) is 24.9 Å². The molecule has 98 valence electrons. The summed E-state index contributed by atoms with van der Waals surface area (Å²) in [6, 6.07) is 8.34. The number of hydrogen-bond acceptors (Lipinski definition) is 1. The Kier molecular flexibility index (Phi) is 5.07. The third-order valence-corrected chi connectivity index (χ3v) is 4.13. The van der Waals surface area contributed by atoms with Gasteiger partial charge in [-0.25, -0.2) is 0 Å². The zero-order valence-electron chi connectivity index (χ0n) is 10.2. The van der Waals surface area contributed by atoms with Crippen molar-refractivity contribution in [2.45, 2.75) is 31.7 Å². The van der Waals surface area contributed by atoms with Gasteiger partial charge in [-0.05, 0) is 37.0 Å². The molecule has 0 radical (unpaired) electrons. The Bertz CT molecular complexity index is 403. The van der Waals surface area contributed by atoms with Crippen molar-refractivity contribution in [3.63, 3.8) is 0 Å². The van der Waals surface area contributed by atoms with Crippen molar-refractivity contribution in [3.8, 4) is 0 Å². The van der Waals surface area contributed by atoms with Gasteiger partial charge in [-0.3, -0.25) is 4.79 Å². The van der Waals surface area contributed by atoms with E-state index in [-0.39, 0.29) is 5.91 Å². The molecule has 0 saturated heterocycles. The molecule has 1 aliphatic rings. The summed E-state index contributed by atoms with van der Waals surface area (Å²) in [6.07, 6.45) is 3.96. The number of alkyl halides is 1. The first-order chi connectivity index (χ1) is 8.70. The summed E-state index contributed by atoms with van der Waals surface area (Å²) in [5.74, 6) is 0.713. The molecule has 1 aromatic carbocycles. The zero-order chi connectivity index (χ0) is 13.0. The molecule has 1 saturated carbocycles. The van der Waals surface area contributed by atoms with Gasteiger partial charge >= 0.3 is 0 Å². The van der Waals surface area contributed by atoms with E-state index in [0.717, 1.165) is 22.9 Å². The molecule has 18 heavy (non-hydrogen) atoms. The number of carbonyl (C=O) groups excluding carboxylic acids is 1. The van der Waals surface area contributed by atoms with Crippen LogP contribution in [-0.4, -0.2) is 29.3 Å². The highest BCUT2D eigenvalue weighted by molar-refractivity contribution is 9.10. The monoisotopic (exact) mass is 329 g/mol. The quantitative estimate of drug-likeness (QED) is 0.755. The van der Waals surface area contributed by atoms with Crippen molar-refractivity contribution in [2.24, 2.45) is 0 Å². The Morgan fingerprint density at radius 1 is 1.33 bits per heavy atom. The molecule has 2 nitrogen and oxygen atoms in total. The standard InChI is InChI=1S/C14H17BrClNO/c15-12-6-4-11(5-7-12)10-14(18)17(9-8-16)13-2-1-3-13/h4-7,13H,1-3,8-10H2. The molecule has 1 amide bonds. The van der Waals surface area contributed by atoms with Crippen LogP contribution in [-0.2, 0) is 11.2 Å². The molecular weight excluding hydrogens is 314 g/mol. The Balaban J connectivity index is 1.97. The predicted molar refractivity (Wildman–Crippen MR) is 77.9 cm³/mol. The molecule has 0 aliphatic heterocycles. The highest BCUT2D eigenvalue weighted by Gasteiger charge is 2.27. The van der Waals surface area contributed by atoms with Gasteiger partial charge in [0.1, 0.15) is 0 Å². The Labute approximate surface area is 121 Å². The summed E-state index contributed by atoms with van der Waals surface area (Å²) in [7, 11) is 0. The lowest BCUT2D eigenvalue weighted by Gasteiger charge is -2.37. The van der Waals surface area contributed by atoms with Crippen LogP contribution in [0.5, 0.6) is 0 Å². The van der Waals surface area contributed by atoms with Crippen molar-refractivity contribution < 1.29 is 4.79 Å². The summed E-state index contributed by atoms with van der Waals surface area (Å²) in [5, 5.41) is 0. The molecular formula is C14H17BrClNO. The molecule has 2 rings (SSSR count). The zero-order valence-corrected chi connectivity index (χ0v) is 12.6. The largest absolute Gasteiger partial charge is 0.338 e. The SMILES string of the molecule is O=C(Cc1ccc(Br)cc1)N(CCCl)C1CCC1. The van der Waals surface area contributed by atoms with Crippen LogP contribution in [0.15, 0.2) is 28.7 Å². The minimum absolute atomic E-state index is 0.197. The number of benzene rings is 1. The van der Waals surface area contributed by atoms with E-state index in [1.807, 2.05) is 29.2 Å². The fraction of sp³-hybridized carbons (Fsp3) is 0.500. The maximum Gasteiger partial charge on any atom is 0.227 e. The highest BCUT2D eigenvalue weighted by Crippen LogP contribution is 2.25. The van der Waals surface area contributed by atoms with Crippen LogP contribution in [0.25, 0.3) is 0 Å². The molecule has 0 N–H and O–H groups in total. The van der Waals surface area contributed by atoms with Crippen molar-refractivity contribution in [1.82, 2.24) is 4.90 Å². The van der Waals surface area contributed by atoms with Gasteiger partial charge in [-0.15, -0.1) is 11.6 Å². The normalized spacial score (nSPS) is 15.2. The van der Waals surface area contributed by atoms with Crippen molar-refractivity contribution in [2.75, 3.05) is 12.4 Å². The van der Waals surface area contributed by atoms with Gasteiger partial charge in [-0.1, -0.05) is 28.1 Å². The van der Waals surface area contributed by atoms with Crippen molar-refractivity contribution in [1.29, 1.82) is 0 Å². The van der Waals surface area contributed by atoms with Crippen LogP contribution < -0.4 is 0 Å². The third kappa shape index (κ3) is 3.48. The second-order valence-electron chi connectivity index (χ2n) is 4.66. The minimum Gasteiger partial charge on any atom is -0.338 e. The molecule has 1 aliphatic carbocycles. The van der Waals surface area contributed by atoms with E-state index in [1.165, 1.54) is 6.42 Å². The fourth-order valence-electron chi connectivity index (χ4n) is 2.18. The lowest BCUT2D eigenvalue weighted by atomic mass is 9.91. The van der Waals surface area contributed by atoms with E-state index in [9.17, 15) is 4.79 Å². The van der Waals surface area contributed by atoms with E-state index >= 15 is 0 Å². The van der Waals surface area contributed by atoms with Crippen LogP contribution in [0.4, 0.5) is 0 Å². The van der Waals surface area contributed by atoms with E-state index < -0.39 is 0 Å². The van der Waals surface area contributed by atoms with Gasteiger partial charge in [-0.2, -0.15) is 0 Å². The topological polar surface area (TPSA) is 20.3 Å². The second-order valence-corrected chi connectivity index (χ2v) is 5.96. The molecule has 4 heteroatoms. The fourth-order valence-corrected chi connectivity index (χ4v) is 2.63. The van der Waals surface area contributed by atoms with Gasteiger partial charge in [0.15, 0.2) is 0 Å². The van der Waals surface area contributed by atoms with Crippen molar-refractivity contribution in [3.05, 3.63) is 34.3 Å². The number of halogens is 2. The molecule has 0 atom stereocenters. The predicted octanol–water partition coefficient (Wildman–Crippen LogP) is 3.61. The number of nitrogens with zero attached hydrogens (tertiary/aromatic N) is 1. The first-order valence-corrected chi connectivity index (χ1v) is 7.63. The second kappa shape index (κ2) is 6.58. The number of carbonyl (C=O) groups is 1. The summed E-state index contributed by atoms with van der Waals surface area (Å²) >= 11 is 9.19. The maximum absolute atomic E-state index is 12.3. The van der Waals surface area contributed by atoms with Crippen LogP contribution in [0.1, 0.15) is 24.8 Å². The van der Waals surface area contributed by atoms with Crippen LogP contribution in [0, 0.1) is 0 Å². The van der Waals surface area contributed by atoms with Crippen molar-refractivity contribution >= 4 is 33.4 Å². The lowest BCUT2D eigenvalue weighted by molar-refractivity contribution is -0.134. The Hall–Kier alpha value is -0.540. The number of hydrogen-bond donors (Lipinski definition) is 0. The molecule has 0 aromatic heterocycles. The van der Waals surface area contributed by atoms with Crippen LogP contribution in [0.3, 0.4) is 0 Å². The molecule has 1 aromatic rings. The first kappa shape index (κ1) is 13.9. The van der Waals surface area contributed by atoms with E-state index in [2.05, 4.69) is 15.9 Å². The van der Waals surface area contributed by atoms with Gasteiger partial charge < -0.3 is 4.90 Å². The minimum atomic E-state index is 0.197. The summed E-state index contributed by atoms with van der Waals surface area (Å²) in [4.78, 5) is 14.2. The maximum atomic E-state index is 12.3.